The summed E-state index contributed by atoms with van der Waals surface area (Å²) in [4.78, 5) is 12.7. The third-order valence-corrected chi connectivity index (χ3v) is 4.78. The summed E-state index contributed by atoms with van der Waals surface area (Å²) in [5.74, 6) is -2.28. The molecule has 3 rings (SSSR count). The first-order valence-electron chi connectivity index (χ1n) is 9.65. The van der Waals surface area contributed by atoms with Gasteiger partial charge in [0.1, 0.15) is 17.3 Å². The normalized spacial score (nSPS) is 11.5. The summed E-state index contributed by atoms with van der Waals surface area (Å²) in [6.45, 7) is 8.43. The molecule has 0 atom stereocenters. The minimum atomic E-state index is -0.904. The minimum absolute atomic E-state index is 0.0225. The SMILES string of the molecule is CCCc1[nH]nc(-c2ccc(C(C)(C)C)cc2)c1NC(=O)c1ccc(F)cc1F. The Balaban J connectivity index is 1.97. The van der Waals surface area contributed by atoms with Crippen LogP contribution in [0.2, 0.25) is 0 Å². The third-order valence-electron chi connectivity index (χ3n) is 4.78. The van der Waals surface area contributed by atoms with Crippen LogP contribution in [-0.4, -0.2) is 16.1 Å². The number of rotatable bonds is 5. The van der Waals surface area contributed by atoms with E-state index in [1.165, 1.54) is 5.56 Å². The molecule has 0 aliphatic rings. The van der Waals surface area contributed by atoms with Crippen LogP contribution in [0.1, 0.15) is 55.7 Å². The Kier molecular flexibility index (Phi) is 5.82. The Morgan fingerprint density at radius 1 is 1.10 bits per heavy atom. The van der Waals surface area contributed by atoms with E-state index in [2.05, 4.69) is 36.3 Å². The smallest absolute Gasteiger partial charge is 0.258 e. The number of anilines is 1. The van der Waals surface area contributed by atoms with Gasteiger partial charge in [-0.15, -0.1) is 0 Å². The highest BCUT2D eigenvalue weighted by Crippen LogP contribution is 2.32. The largest absolute Gasteiger partial charge is 0.318 e. The van der Waals surface area contributed by atoms with E-state index in [1.807, 2.05) is 31.2 Å². The zero-order valence-corrected chi connectivity index (χ0v) is 17.1. The molecule has 2 N–H and O–H groups in total. The lowest BCUT2D eigenvalue weighted by atomic mass is 9.86. The molecule has 0 saturated heterocycles. The Labute approximate surface area is 169 Å². The molecule has 2 aromatic carbocycles. The van der Waals surface area contributed by atoms with Crippen LogP contribution in [0.25, 0.3) is 11.3 Å². The number of aromatic nitrogens is 2. The van der Waals surface area contributed by atoms with E-state index in [0.29, 0.717) is 23.9 Å². The van der Waals surface area contributed by atoms with Crippen LogP contribution in [-0.2, 0) is 11.8 Å². The van der Waals surface area contributed by atoms with Crippen LogP contribution in [0, 0.1) is 11.6 Å². The number of hydrogen-bond acceptors (Lipinski definition) is 2. The Hall–Kier alpha value is -3.02. The molecular weight excluding hydrogens is 372 g/mol. The van der Waals surface area contributed by atoms with Gasteiger partial charge in [-0.1, -0.05) is 58.4 Å². The van der Waals surface area contributed by atoms with Crippen molar-refractivity contribution in [3.63, 3.8) is 0 Å². The maximum absolute atomic E-state index is 14.0. The fourth-order valence-corrected chi connectivity index (χ4v) is 3.14. The molecule has 0 saturated carbocycles. The number of aromatic amines is 1. The number of amides is 1. The van der Waals surface area contributed by atoms with Crippen LogP contribution >= 0.6 is 0 Å². The van der Waals surface area contributed by atoms with Crippen molar-refractivity contribution in [2.45, 2.75) is 46.0 Å². The van der Waals surface area contributed by atoms with Crippen LogP contribution in [0.5, 0.6) is 0 Å². The minimum Gasteiger partial charge on any atom is -0.318 e. The number of carbonyl (C=O) groups excluding carboxylic acids is 1. The molecule has 3 aromatic rings. The van der Waals surface area contributed by atoms with Crippen molar-refractivity contribution in [2.24, 2.45) is 0 Å². The first-order valence-corrected chi connectivity index (χ1v) is 9.65. The van der Waals surface area contributed by atoms with Crippen LogP contribution in [0.4, 0.5) is 14.5 Å². The molecule has 0 aliphatic carbocycles. The second-order valence-electron chi connectivity index (χ2n) is 8.08. The van der Waals surface area contributed by atoms with Gasteiger partial charge in [-0.3, -0.25) is 9.89 Å². The number of hydrogen-bond donors (Lipinski definition) is 2. The van der Waals surface area contributed by atoms with Crippen LogP contribution < -0.4 is 5.32 Å². The fraction of sp³-hybridized carbons (Fsp3) is 0.304. The van der Waals surface area contributed by atoms with Gasteiger partial charge in [-0.25, -0.2) is 8.78 Å². The van der Waals surface area contributed by atoms with E-state index in [-0.39, 0.29) is 11.0 Å². The second kappa shape index (κ2) is 8.15. The molecule has 6 heteroatoms. The Morgan fingerprint density at radius 3 is 2.38 bits per heavy atom. The summed E-state index contributed by atoms with van der Waals surface area (Å²) >= 11 is 0. The molecule has 152 valence electrons. The molecule has 1 amide bonds. The van der Waals surface area contributed by atoms with Gasteiger partial charge in [0.15, 0.2) is 0 Å². The molecule has 1 aromatic heterocycles. The van der Waals surface area contributed by atoms with Gasteiger partial charge in [0, 0.05) is 11.6 Å². The lowest BCUT2D eigenvalue weighted by molar-refractivity contribution is 0.102. The molecule has 0 radical (unpaired) electrons. The number of nitrogens with zero attached hydrogens (tertiary/aromatic N) is 1. The van der Waals surface area contributed by atoms with E-state index in [1.54, 1.807) is 0 Å². The zero-order chi connectivity index (χ0) is 21.2. The summed E-state index contributed by atoms with van der Waals surface area (Å²) in [5.41, 5.74) is 3.70. The monoisotopic (exact) mass is 397 g/mol. The summed E-state index contributed by atoms with van der Waals surface area (Å²) < 4.78 is 27.2. The van der Waals surface area contributed by atoms with Crippen molar-refractivity contribution in [2.75, 3.05) is 5.32 Å². The average Bonchev–Trinajstić information content (AvgIpc) is 3.03. The molecule has 1 heterocycles. The third kappa shape index (κ3) is 4.53. The summed E-state index contributed by atoms with van der Waals surface area (Å²) in [7, 11) is 0. The number of H-pyrrole nitrogens is 1. The van der Waals surface area contributed by atoms with E-state index in [9.17, 15) is 13.6 Å². The fourth-order valence-electron chi connectivity index (χ4n) is 3.14. The van der Waals surface area contributed by atoms with Gasteiger partial charge in [0.25, 0.3) is 5.91 Å². The molecular formula is C23H25F2N3O. The molecule has 4 nitrogen and oxygen atoms in total. The number of carbonyl (C=O) groups is 1. The van der Waals surface area contributed by atoms with E-state index in [0.717, 1.165) is 29.8 Å². The van der Waals surface area contributed by atoms with Gasteiger partial charge in [-0.05, 0) is 29.5 Å². The molecule has 0 unspecified atom stereocenters. The number of halogens is 2. The standard InChI is InChI=1S/C23H25F2N3O/c1-5-6-19-21(26-22(29)17-12-11-16(24)13-18(17)25)20(28-27-19)14-7-9-15(10-8-14)23(2,3)4/h7-13H,5-6H2,1-4H3,(H,26,29)(H,27,28). The van der Waals surface area contributed by atoms with E-state index in [4.69, 9.17) is 0 Å². The van der Waals surface area contributed by atoms with Crippen molar-refractivity contribution < 1.29 is 13.6 Å². The van der Waals surface area contributed by atoms with Crippen LogP contribution in [0.15, 0.2) is 42.5 Å². The zero-order valence-electron chi connectivity index (χ0n) is 17.1. The lowest BCUT2D eigenvalue weighted by Gasteiger charge is -2.19. The van der Waals surface area contributed by atoms with E-state index >= 15 is 0 Å². The maximum Gasteiger partial charge on any atom is 0.258 e. The molecule has 0 bridgehead atoms. The number of benzene rings is 2. The van der Waals surface area contributed by atoms with Gasteiger partial charge in [0.05, 0.1) is 16.9 Å². The lowest BCUT2D eigenvalue weighted by Crippen LogP contribution is -2.15. The van der Waals surface area contributed by atoms with Crippen molar-refractivity contribution in [1.82, 2.24) is 10.2 Å². The quantitative estimate of drug-likeness (QED) is 0.567. The van der Waals surface area contributed by atoms with Gasteiger partial charge in [-0.2, -0.15) is 5.10 Å². The highest BCUT2D eigenvalue weighted by Gasteiger charge is 2.20. The average molecular weight is 397 g/mol. The molecule has 0 aliphatic heterocycles. The predicted octanol–water partition coefficient (Wildman–Crippen LogP) is 5.86. The molecule has 29 heavy (non-hydrogen) atoms. The first kappa shape index (κ1) is 20.7. The highest BCUT2D eigenvalue weighted by atomic mass is 19.1. The number of nitrogens with one attached hydrogen (secondary N) is 2. The van der Waals surface area contributed by atoms with Gasteiger partial charge < -0.3 is 5.32 Å². The van der Waals surface area contributed by atoms with Crippen molar-refractivity contribution in [1.29, 1.82) is 0 Å². The molecule has 0 fully saturated rings. The maximum atomic E-state index is 14.0. The predicted molar refractivity (Wildman–Crippen MR) is 111 cm³/mol. The van der Waals surface area contributed by atoms with Crippen molar-refractivity contribution >= 4 is 11.6 Å². The topological polar surface area (TPSA) is 57.8 Å². The first-order chi connectivity index (χ1) is 13.7. The van der Waals surface area contributed by atoms with Gasteiger partial charge in [0.2, 0.25) is 0 Å². The van der Waals surface area contributed by atoms with Gasteiger partial charge >= 0.3 is 0 Å². The van der Waals surface area contributed by atoms with Crippen molar-refractivity contribution in [3.05, 3.63) is 70.9 Å². The summed E-state index contributed by atoms with van der Waals surface area (Å²) in [5, 5.41) is 10.1. The Bertz CT molecular complexity index is 1020. The second-order valence-corrected chi connectivity index (χ2v) is 8.08. The Morgan fingerprint density at radius 2 is 1.79 bits per heavy atom. The van der Waals surface area contributed by atoms with E-state index < -0.39 is 17.5 Å². The van der Waals surface area contributed by atoms with Crippen molar-refractivity contribution in [3.8, 4) is 11.3 Å². The van der Waals surface area contributed by atoms with Crippen LogP contribution in [0.3, 0.4) is 0 Å². The summed E-state index contributed by atoms with van der Waals surface area (Å²) in [6.07, 6.45) is 1.52. The highest BCUT2D eigenvalue weighted by molar-refractivity contribution is 6.06. The molecule has 0 spiro atoms. The number of aryl methyl sites for hydroxylation is 1. The summed E-state index contributed by atoms with van der Waals surface area (Å²) in [6, 6.07) is 10.9.